The monoisotopic (exact) mass is 250 g/mol. The molecule has 17 heavy (non-hydrogen) atoms. The molecular formula is C12H14N2O2S. The molecule has 0 saturated carbocycles. The summed E-state index contributed by atoms with van der Waals surface area (Å²) in [6.07, 6.45) is 0.498. The molecule has 0 amide bonds. The molecule has 1 aromatic carbocycles. The Labute approximate surface area is 103 Å². The van der Waals surface area contributed by atoms with E-state index in [-0.39, 0.29) is 12.1 Å². The van der Waals surface area contributed by atoms with Crippen LogP contribution in [0.1, 0.15) is 17.5 Å². The summed E-state index contributed by atoms with van der Waals surface area (Å²) in [4.78, 5) is 4.59. The summed E-state index contributed by atoms with van der Waals surface area (Å²) in [6.45, 7) is 0.657. The molecule has 2 heterocycles. The van der Waals surface area contributed by atoms with Crippen LogP contribution in [-0.4, -0.2) is 29.8 Å². The second-order valence-corrected chi connectivity index (χ2v) is 5.30. The van der Waals surface area contributed by atoms with Crippen LogP contribution >= 0.6 is 11.3 Å². The van der Waals surface area contributed by atoms with E-state index in [4.69, 9.17) is 4.74 Å². The van der Waals surface area contributed by atoms with Gasteiger partial charge in [-0.3, -0.25) is 0 Å². The fraction of sp³-hybridized carbons (Fsp3) is 0.417. The standard InChI is InChI=1S/C12H14N2O2S/c1-16-8-2-3-9-11(5-8)17-12(14-9)10-4-7(15)6-13-10/h2-3,5,7,10,13,15H,4,6H2,1H3/t7-,10+/m1/s1. The van der Waals surface area contributed by atoms with Gasteiger partial charge in [0.15, 0.2) is 0 Å². The molecule has 5 heteroatoms. The molecule has 90 valence electrons. The Morgan fingerprint density at radius 2 is 2.41 bits per heavy atom. The van der Waals surface area contributed by atoms with Crippen LogP contribution in [0.4, 0.5) is 0 Å². The van der Waals surface area contributed by atoms with E-state index in [2.05, 4.69) is 10.3 Å². The number of aromatic nitrogens is 1. The second-order valence-electron chi connectivity index (χ2n) is 4.24. The van der Waals surface area contributed by atoms with Gasteiger partial charge in [-0.2, -0.15) is 0 Å². The van der Waals surface area contributed by atoms with Crippen molar-refractivity contribution in [2.75, 3.05) is 13.7 Å². The van der Waals surface area contributed by atoms with Gasteiger partial charge in [0.25, 0.3) is 0 Å². The van der Waals surface area contributed by atoms with Crippen LogP contribution < -0.4 is 10.1 Å². The van der Waals surface area contributed by atoms with Gasteiger partial charge in [-0.25, -0.2) is 4.98 Å². The highest BCUT2D eigenvalue weighted by Gasteiger charge is 2.26. The van der Waals surface area contributed by atoms with Crippen LogP contribution in [0.25, 0.3) is 10.2 Å². The Kier molecular flexibility index (Phi) is 2.74. The summed E-state index contributed by atoms with van der Waals surface area (Å²) in [5.74, 6) is 0.854. The van der Waals surface area contributed by atoms with E-state index in [9.17, 15) is 5.11 Å². The van der Waals surface area contributed by atoms with Crippen LogP contribution in [0.3, 0.4) is 0 Å². The van der Waals surface area contributed by atoms with Crippen LogP contribution in [0, 0.1) is 0 Å². The van der Waals surface area contributed by atoms with Gasteiger partial charge in [0.1, 0.15) is 10.8 Å². The summed E-state index contributed by atoms with van der Waals surface area (Å²) >= 11 is 1.66. The molecular weight excluding hydrogens is 236 g/mol. The summed E-state index contributed by atoms with van der Waals surface area (Å²) < 4.78 is 6.32. The van der Waals surface area contributed by atoms with Gasteiger partial charge in [0.2, 0.25) is 0 Å². The van der Waals surface area contributed by atoms with Crippen LogP contribution in [0.5, 0.6) is 5.75 Å². The van der Waals surface area contributed by atoms with E-state index >= 15 is 0 Å². The van der Waals surface area contributed by atoms with Gasteiger partial charge in [0, 0.05) is 6.54 Å². The van der Waals surface area contributed by atoms with Crippen molar-refractivity contribution in [3.8, 4) is 5.75 Å². The Bertz CT molecular complexity index is 540. The molecule has 0 aliphatic carbocycles. The van der Waals surface area contributed by atoms with Crippen molar-refractivity contribution in [3.05, 3.63) is 23.2 Å². The molecule has 1 fully saturated rings. The maximum atomic E-state index is 9.51. The normalized spacial score (nSPS) is 24.4. The van der Waals surface area contributed by atoms with Crippen molar-refractivity contribution in [3.63, 3.8) is 0 Å². The summed E-state index contributed by atoms with van der Waals surface area (Å²) in [5.41, 5.74) is 0.994. The van der Waals surface area contributed by atoms with E-state index in [0.717, 1.165) is 27.4 Å². The number of aliphatic hydroxyl groups excluding tert-OH is 1. The van der Waals surface area contributed by atoms with Crippen molar-refractivity contribution in [1.82, 2.24) is 10.3 Å². The zero-order chi connectivity index (χ0) is 11.8. The van der Waals surface area contributed by atoms with Gasteiger partial charge in [-0.05, 0) is 24.6 Å². The van der Waals surface area contributed by atoms with Gasteiger partial charge >= 0.3 is 0 Å². The first-order valence-corrected chi connectivity index (χ1v) is 6.44. The lowest BCUT2D eigenvalue weighted by Crippen LogP contribution is -2.14. The first-order chi connectivity index (χ1) is 8.26. The molecule has 1 aliphatic rings. The zero-order valence-corrected chi connectivity index (χ0v) is 10.3. The smallest absolute Gasteiger partial charge is 0.120 e. The predicted molar refractivity (Wildman–Crippen MR) is 67.5 cm³/mol. The molecule has 2 N–H and O–H groups in total. The number of rotatable bonds is 2. The maximum absolute atomic E-state index is 9.51. The largest absolute Gasteiger partial charge is 0.497 e. The lowest BCUT2D eigenvalue weighted by Gasteiger charge is -2.03. The van der Waals surface area contributed by atoms with E-state index in [1.54, 1.807) is 18.4 Å². The van der Waals surface area contributed by atoms with E-state index in [0.29, 0.717) is 6.54 Å². The number of hydrogen-bond donors (Lipinski definition) is 2. The number of aliphatic hydroxyl groups is 1. The molecule has 0 radical (unpaired) electrons. The fourth-order valence-electron chi connectivity index (χ4n) is 2.10. The lowest BCUT2D eigenvalue weighted by molar-refractivity contribution is 0.193. The molecule has 0 bridgehead atoms. The number of fused-ring (bicyclic) bond motifs is 1. The van der Waals surface area contributed by atoms with Crippen molar-refractivity contribution >= 4 is 21.6 Å². The number of nitrogens with one attached hydrogen (secondary N) is 1. The zero-order valence-electron chi connectivity index (χ0n) is 9.51. The Morgan fingerprint density at radius 3 is 3.12 bits per heavy atom. The minimum atomic E-state index is -0.249. The molecule has 0 unspecified atom stereocenters. The first-order valence-electron chi connectivity index (χ1n) is 5.62. The van der Waals surface area contributed by atoms with E-state index < -0.39 is 0 Å². The quantitative estimate of drug-likeness (QED) is 0.852. The van der Waals surface area contributed by atoms with E-state index in [1.165, 1.54) is 0 Å². The SMILES string of the molecule is COc1ccc2nc([C@@H]3C[C@@H](O)CN3)sc2c1. The Morgan fingerprint density at radius 1 is 1.53 bits per heavy atom. The van der Waals surface area contributed by atoms with Crippen LogP contribution in [0.2, 0.25) is 0 Å². The highest BCUT2D eigenvalue weighted by molar-refractivity contribution is 7.18. The minimum Gasteiger partial charge on any atom is -0.497 e. The molecule has 2 aromatic rings. The highest BCUT2D eigenvalue weighted by Crippen LogP contribution is 2.32. The minimum absolute atomic E-state index is 0.188. The van der Waals surface area contributed by atoms with Crippen molar-refractivity contribution in [2.24, 2.45) is 0 Å². The van der Waals surface area contributed by atoms with Crippen LogP contribution in [0.15, 0.2) is 18.2 Å². The lowest BCUT2D eigenvalue weighted by atomic mass is 10.2. The average molecular weight is 250 g/mol. The number of β-amino-alcohol motifs (C(OH)–C–C–N with tert-alkyl or cyclic N) is 1. The van der Waals surface area contributed by atoms with Gasteiger partial charge < -0.3 is 15.2 Å². The summed E-state index contributed by atoms with van der Waals surface area (Å²) in [7, 11) is 1.66. The van der Waals surface area contributed by atoms with Gasteiger partial charge in [0.05, 0.1) is 29.5 Å². The first kappa shape index (κ1) is 11.0. The third-order valence-electron chi connectivity index (χ3n) is 3.02. The van der Waals surface area contributed by atoms with E-state index in [1.807, 2.05) is 18.2 Å². The molecule has 0 spiro atoms. The second kappa shape index (κ2) is 4.25. The molecule has 1 saturated heterocycles. The number of methoxy groups -OCH3 is 1. The van der Waals surface area contributed by atoms with Crippen LogP contribution in [-0.2, 0) is 0 Å². The highest BCUT2D eigenvalue weighted by atomic mass is 32.1. The Balaban J connectivity index is 1.96. The third-order valence-corrected chi connectivity index (χ3v) is 4.15. The number of hydrogen-bond acceptors (Lipinski definition) is 5. The van der Waals surface area contributed by atoms with Gasteiger partial charge in [-0.1, -0.05) is 0 Å². The predicted octanol–water partition coefficient (Wildman–Crippen LogP) is 1.70. The number of benzene rings is 1. The Hall–Kier alpha value is -1.17. The summed E-state index contributed by atoms with van der Waals surface area (Å²) in [5, 5.41) is 13.8. The maximum Gasteiger partial charge on any atom is 0.120 e. The molecule has 1 aliphatic heterocycles. The van der Waals surface area contributed by atoms with Crippen molar-refractivity contribution in [1.29, 1.82) is 0 Å². The number of nitrogens with zero attached hydrogens (tertiary/aromatic N) is 1. The molecule has 1 aromatic heterocycles. The fourth-order valence-corrected chi connectivity index (χ4v) is 3.19. The molecule has 4 nitrogen and oxygen atoms in total. The third kappa shape index (κ3) is 2.01. The molecule has 3 rings (SSSR count). The number of ether oxygens (including phenoxy) is 1. The van der Waals surface area contributed by atoms with Crippen molar-refractivity contribution in [2.45, 2.75) is 18.6 Å². The topological polar surface area (TPSA) is 54.4 Å². The number of thiazole rings is 1. The summed E-state index contributed by atoms with van der Waals surface area (Å²) in [6, 6.07) is 6.08. The van der Waals surface area contributed by atoms with Gasteiger partial charge in [-0.15, -0.1) is 11.3 Å². The molecule has 2 atom stereocenters. The average Bonchev–Trinajstić information content (AvgIpc) is 2.93. The van der Waals surface area contributed by atoms with Crippen molar-refractivity contribution < 1.29 is 9.84 Å².